The molecule has 0 bridgehead atoms. The smallest absolute Gasteiger partial charge is 0.119 e. The van der Waals surface area contributed by atoms with Gasteiger partial charge in [0.05, 0.1) is 6.07 Å². The third kappa shape index (κ3) is 7.80. The van der Waals surface area contributed by atoms with Gasteiger partial charge in [-0.25, -0.2) is 0 Å². The summed E-state index contributed by atoms with van der Waals surface area (Å²) in [5, 5.41) is 18.4. The van der Waals surface area contributed by atoms with Crippen LogP contribution in [0.15, 0.2) is 30.9 Å². The molecule has 0 aliphatic carbocycles. The van der Waals surface area contributed by atoms with Crippen molar-refractivity contribution < 1.29 is 0 Å². The molecule has 1 heterocycles. The monoisotopic (exact) mass is 422 g/mol. The van der Waals surface area contributed by atoms with Gasteiger partial charge in [-0.3, -0.25) is 0 Å². The molecule has 170 valence electrons. The molecule has 4 heteroatoms. The fourth-order valence-electron chi connectivity index (χ4n) is 4.58. The van der Waals surface area contributed by atoms with Gasteiger partial charge in [-0.05, 0) is 36.0 Å². The first kappa shape index (κ1) is 25.1. The maximum atomic E-state index is 10.5. The molecule has 0 aliphatic heterocycles. The molecule has 2 aromatic rings. The van der Waals surface area contributed by atoms with E-state index >= 15 is 0 Å². The van der Waals surface area contributed by atoms with Crippen LogP contribution >= 0.6 is 0 Å². The van der Waals surface area contributed by atoms with E-state index in [0.29, 0.717) is 6.54 Å². The molecule has 4 nitrogen and oxygen atoms in total. The second-order valence-corrected chi connectivity index (χ2v) is 8.96. The van der Waals surface area contributed by atoms with Crippen molar-refractivity contribution in [2.24, 2.45) is 0 Å². The topological polar surface area (TPSA) is 54.5 Å². The first-order valence-corrected chi connectivity index (χ1v) is 12.5. The number of hydrogen-bond acceptors (Lipinski definition) is 3. The number of rotatable bonds is 16. The SMILES string of the molecule is CCCCCCCCCCCCC(C#N)(Cn1cnnc1)c1cc(CC)ccc1CC. The Bertz CT molecular complexity index is 775. The standard InChI is InChI=1S/C27H42N4/c1-4-7-8-9-10-11-12-13-14-15-18-27(20-28,21-31-22-29-30-23-31)26-19-24(5-2)16-17-25(26)6-3/h16-17,19,22-23H,4-15,18,21H2,1-3H3. The van der Waals surface area contributed by atoms with E-state index in [0.717, 1.165) is 25.7 Å². The number of nitrogens with zero attached hydrogens (tertiary/aromatic N) is 4. The number of benzene rings is 1. The number of hydrogen-bond donors (Lipinski definition) is 0. The second-order valence-electron chi connectivity index (χ2n) is 8.96. The third-order valence-corrected chi connectivity index (χ3v) is 6.57. The van der Waals surface area contributed by atoms with E-state index in [-0.39, 0.29) is 0 Å². The maximum absolute atomic E-state index is 10.5. The fourth-order valence-corrected chi connectivity index (χ4v) is 4.58. The summed E-state index contributed by atoms with van der Waals surface area (Å²) >= 11 is 0. The molecule has 31 heavy (non-hydrogen) atoms. The van der Waals surface area contributed by atoms with Crippen molar-refractivity contribution in [1.29, 1.82) is 5.26 Å². The van der Waals surface area contributed by atoms with Gasteiger partial charge >= 0.3 is 0 Å². The highest BCUT2D eigenvalue weighted by atomic mass is 15.2. The Morgan fingerprint density at radius 2 is 1.45 bits per heavy atom. The van der Waals surface area contributed by atoms with E-state index in [9.17, 15) is 5.26 Å². The van der Waals surface area contributed by atoms with Crippen LogP contribution in [0.1, 0.15) is 108 Å². The Hall–Kier alpha value is -2.15. The van der Waals surface area contributed by atoms with Gasteiger partial charge in [-0.15, -0.1) is 10.2 Å². The quantitative estimate of drug-likeness (QED) is 0.269. The summed E-state index contributed by atoms with van der Waals surface area (Å²) in [5.74, 6) is 0. The van der Waals surface area contributed by atoms with Gasteiger partial charge in [0, 0.05) is 6.54 Å². The average molecular weight is 423 g/mol. The van der Waals surface area contributed by atoms with Gasteiger partial charge < -0.3 is 4.57 Å². The number of nitriles is 1. The van der Waals surface area contributed by atoms with Gasteiger partial charge in [0.2, 0.25) is 0 Å². The summed E-state index contributed by atoms with van der Waals surface area (Å²) in [6, 6.07) is 9.47. The van der Waals surface area contributed by atoms with Crippen LogP contribution in [-0.2, 0) is 24.8 Å². The molecular formula is C27H42N4. The molecule has 2 rings (SSSR count). The highest BCUT2D eigenvalue weighted by Crippen LogP contribution is 2.35. The van der Waals surface area contributed by atoms with Crippen LogP contribution in [0.3, 0.4) is 0 Å². The minimum Gasteiger partial charge on any atom is -0.318 e. The van der Waals surface area contributed by atoms with Crippen molar-refractivity contribution >= 4 is 0 Å². The lowest BCUT2D eigenvalue weighted by molar-refractivity contribution is 0.399. The van der Waals surface area contributed by atoms with E-state index in [2.05, 4.69) is 55.2 Å². The lowest BCUT2D eigenvalue weighted by Crippen LogP contribution is -2.31. The first-order valence-electron chi connectivity index (χ1n) is 12.5. The van der Waals surface area contributed by atoms with Crippen LogP contribution < -0.4 is 0 Å². The number of aromatic nitrogens is 3. The zero-order valence-corrected chi connectivity index (χ0v) is 20.1. The maximum Gasteiger partial charge on any atom is 0.119 e. The summed E-state index contributed by atoms with van der Waals surface area (Å²) in [4.78, 5) is 0. The van der Waals surface area contributed by atoms with E-state index in [4.69, 9.17) is 0 Å². The zero-order valence-electron chi connectivity index (χ0n) is 20.1. The van der Waals surface area contributed by atoms with E-state index < -0.39 is 5.41 Å². The fraction of sp³-hybridized carbons (Fsp3) is 0.667. The first-order chi connectivity index (χ1) is 15.2. The van der Waals surface area contributed by atoms with Crippen molar-refractivity contribution in [3.05, 3.63) is 47.5 Å². The largest absolute Gasteiger partial charge is 0.318 e. The van der Waals surface area contributed by atoms with Crippen molar-refractivity contribution in [2.75, 3.05) is 0 Å². The van der Waals surface area contributed by atoms with Crippen LogP contribution in [0.2, 0.25) is 0 Å². The van der Waals surface area contributed by atoms with E-state index in [1.165, 1.54) is 74.5 Å². The zero-order chi connectivity index (χ0) is 22.4. The molecule has 0 fully saturated rings. The Balaban J connectivity index is 2.02. The van der Waals surface area contributed by atoms with Crippen LogP contribution in [0.5, 0.6) is 0 Å². The number of unbranched alkanes of at least 4 members (excludes halogenated alkanes) is 9. The minimum atomic E-state index is -0.529. The van der Waals surface area contributed by atoms with Crippen molar-refractivity contribution in [3.8, 4) is 6.07 Å². The average Bonchev–Trinajstić information content (AvgIpc) is 3.32. The molecular weight excluding hydrogens is 380 g/mol. The Kier molecular flexibility index (Phi) is 11.4. The lowest BCUT2D eigenvalue weighted by Gasteiger charge is -2.30. The molecule has 1 unspecified atom stereocenters. The van der Waals surface area contributed by atoms with Crippen molar-refractivity contribution in [3.63, 3.8) is 0 Å². The molecule has 1 aromatic carbocycles. The third-order valence-electron chi connectivity index (χ3n) is 6.57. The van der Waals surface area contributed by atoms with E-state index in [1.807, 2.05) is 4.57 Å². The Labute approximate surface area is 190 Å². The minimum absolute atomic E-state index is 0.529. The van der Waals surface area contributed by atoms with Crippen molar-refractivity contribution in [1.82, 2.24) is 14.8 Å². The Morgan fingerprint density at radius 1 is 0.839 bits per heavy atom. The predicted octanol–water partition coefficient (Wildman–Crippen LogP) is 7.18. The summed E-state index contributed by atoms with van der Waals surface area (Å²) in [6.07, 6.45) is 19.4. The highest BCUT2D eigenvalue weighted by Gasteiger charge is 2.34. The second kappa shape index (κ2) is 14.0. The van der Waals surface area contributed by atoms with Gasteiger partial charge in [0.25, 0.3) is 0 Å². The molecule has 0 radical (unpaired) electrons. The molecule has 1 aromatic heterocycles. The van der Waals surface area contributed by atoms with Gasteiger partial charge in [-0.1, -0.05) is 103 Å². The van der Waals surface area contributed by atoms with Gasteiger partial charge in [-0.2, -0.15) is 5.26 Å². The van der Waals surface area contributed by atoms with Crippen LogP contribution in [0.4, 0.5) is 0 Å². The summed E-state index contributed by atoms with van der Waals surface area (Å²) < 4.78 is 1.97. The molecule has 0 aliphatic rings. The van der Waals surface area contributed by atoms with Crippen LogP contribution in [0.25, 0.3) is 0 Å². The molecule has 0 N–H and O–H groups in total. The van der Waals surface area contributed by atoms with E-state index in [1.54, 1.807) is 12.7 Å². The van der Waals surface area contributed by atoms with Crippen molar-refractivity contribution in [2.45, 2.75) is 116 Å². The normalized spacial score (nSPS) is 13.1. The van der Waals surface area contributed by atoms with Gasteiger partial charge in [0.1, 0.15) is 18.1 Å². The molecule has 1 atom stereocenters. The molecule has 0 amide bonds. The number of aryl methyl sites for hydroxylation is 2. The molecule has 0 saturated heterocycles. The molecule has 0 saturated carbocycles. The predicted molar refractivity (Wildman–Crippen MR) is 129 cm³/mol. The highest BCUT2D eigenvalue weighted by molar-refractivity contribution is 5.42. The molecule has 0 spiro atoms. The van der Waals surface area contributed by atoms with Crippen LogP contribution in [0, 0.1) is 11.3 Å². The lowest BCUT2D eigenvalue weighted by atomic mass is 9.74. The summed E-state index contributed by atoms with van der Waals surface area (Å²) in [7, 11) is 0. The van der Waals surface area contributed by atoms with Gasteiger partial charge in [0.15, 0.2) is 0 Å². The summed E-state index contributed by atoms with van der Waals surface area (Å²) in [5.41, 5.74) is 3.28. The summed E-state index contributed by atoms with van der Waals surface area (Å²) in [6.45, 7) is 7.26. The Morgan fingerprint density at radius 3 is 2.00 bits per heavy atom. The van der Waals surface area contributed by atoms with Crippen LogP contribution in [-0.4, -0.2) is 14.8 Å².